The average Bonchev–Trinajstić information content (AvgIpc) is 3.13. The summed E-state index contributed by atoms with van der Waals surface area (Å²) >= 11 is 5.32. The maximum Gasteiger partial charge on any atom is 0.191 e. The Morgan fingerprint density at radius 3 is 2.47 bits per heavy atom. The predicted molar refractivity (Wildman–Crippen MR) is 132 cm³/mol. The van der Waals surface area contributed by atoms with Gasteiger partial charge in [0, 0.05) is 23.7 Å². The molecule has 162 valence electrons. The minimum atomic E-state index is -3.27. The zero-order chi connectivity index (χ0) is 22.7. The highest BCUT2D eigenvalue weighted by Crippen LogP contribution is 2.25. The van der Waals surface area contributed by atoms with E-state index in [0.29, 0.717) is 10.8 Å². The van der Waals surface area contributed by atoms with Gasteiger partial charge in [0.15, 0.2) is 14.9 Å². The summed E-state index contributed by atoms with van der Waals surface area (Å²) in [5.41, 5.74) is 7.80. The Morgan fingerprint density at radius 2 is 1.78 bits per heavy atom. The molecule has 0 spiro atoms. The molecule has 0 aliphatic rings. The summed E-state index contributed by atoms with van der Waals surface area (Å²) in [6, 6.07) is 20.2. The largest absolute Gasteiger partial charge is 0.331 e. The quantitative estimate of drug-likeness (QED) is 0.264. The summed E-state index contributed by atoms with van der Waals surface area (Å²) in [5, 5.41) is 7.72. The van der Waals surface area contributed by atoms with E-state index in [9.17, 15) is 8.42 Å². The number of hydrogen-bond donors (Lipinski definition) is 2. The van der Waals surface area contributed by atoms with Crippen molar-refractivity contribution in [1.29, 1.82) is 0 Å². The molecule has 2 heterocycles. The van der Waals surface area contributed by atoms with Crippen molar-refractivity contribution >= 4 is 44.7 Å². The van der Waals surface area contributed by atoms with Gasteiger partial charge in [0.1, 0.15) is 5.65 Å². The first-order valence-corrected chi connectivity index (χ1v) is 12.1. The Morgan fingerprint density at radius 1 is 1.06 bits per heavy atom. The molecule has 0 radical (unpaired) electrons. The fourth-order valence-electron chi connectivity index (χ4n) is 3.16. The van der Waals surface area contributed by atoms with Crippen LogP contribution in [0.25, 0.3) is 16.9 Å². The minimum absolute atomic E-state index is 0.259. The van der Waals surface area contributed by atoms with Crippen molar-refractivity contribution in [3.05, 3.63) is 84.2 Å². The van der Waals surface area contributed by atoms with Gasteiger partial charge in [0.2, 0.25) is 0 Å². The molecule has 0 fully saturated rings. The van der Waals surface area contributed by atoms with Crippen LogP contribution < -0.4 is 10.7 Å². The summed E-state index contributed by atoms with van der Waals surface area (Å²) in [7, 11) is -3.27. The molecular weight excluding hydrogens is 442 g/mol. The van der Waals surface area contributed by atoms with E-state index in [4.69, 9.17) is 17.2 Å². The fraction of sp³-hybridized carbons (Fsp3) is 0.0870. The number of fused-ring (bicyclic) bond motifs is 1. The lowest BCUT2D eigenvalue weighted by atomic mass is 10.1. The smallest absolute Gasteiger partial charge is 0.191 e. The van der Waals surface area contributed by atoms with Crippen LogP contribution in [0.5, 0.6) is 0 Å². The molecule has 4 rings (SSSR count). The van der Waals surface area contributed by atoms with Crippen molar-refractivity contribution < 1.29 is 8.42 Å². The Hall–Kier alpha value is -3.56. The van der Waals surface area contributed by atoms with E-state index in [1.165, 1.54) is 6.26 Å². The third kappa shape index (κ3) is 4.84. The summed E-state index contributed by atoms with van der Waals surface area (Å²) in [5.74, 6) is 0. The number of aryl methyl sites for hydroxylation is 1. The second kappa shape index (κ2) is 8.89. The van der Waals surface area contributed by atoms with Gasteiger partial charge in [0.25, 0.3) is 0 Å². The number of thiocarbonyl (C=S) groups is 1. The number of aromatic nitrogens is 2. The van der Waals surface area contributed by atoms with Crippen LogP contribution in [0.15, 0.2) is 82.9 Å². The van der Waals surface area contributed by atoms with Crippen molar-refractivity contribution in [2.45, 2.75) is 11.8 Å². The zero-order valence-electron chi connectivity index (χ0n) is 17.5. The molecule has 0 bridgehead atoms. The molecule has 2 aromatic carbocycles. The maximum absolute atomic E-state index is 11.8. The molecule has 0 aliphatic carbocycles. The fourth-order valence-corrected chi connectivity index (χ4v) is 3.96. The Labute approximate surface area is 191 Å². The van der Waals surface area contributed by atoms with Crippen molar-refractivity contribution in [3.8, 4) is 11.3 Å². The minimum Gasteiger partial charge on any atom is -0.331 e. The van der Waals surface area contributed by atoms with E-state index in [1.807, 2.05) is 60.0 Å². The number of nitrogens with zero attached hydrogens (tertiary/aromatic N) is 3. The number of benzene rings is 2. The second-order valence-corrected chi connectivity index (χ2v) is 9.69. The number of nitrogens with one attached hydrogen (secondary N) is 2. The molecule has 2 N–H and O–H groups in total. The molecule has 32 heavy (non-hydrogen) atoms. The maximum atomic E-state index is 11.8. The molecule has 2 aromatic heterocycles. The summed E-state index contributed by atoms with van der Waals surface area (Å²) in [6.07, 6.45) is 4.72. The first kappa shape index (κ1) is 21.7. The molecule has 4 aromatic rings. The van der Waals surface area contributed by atoms with Gasteiger partial charge in [-0.3, -0.25) is 9.83 Å². The number of hydrazone groups is 1. The van der Waals surface area contributed by atoms with Crippen LogP contribution in [0, 0.1) is 6.92 Å². The highest BCUT2D eigenvalue weighted by Gasteiger charge is 2.14. The monoisotopic (exact) mass is 463 g/mol. The standard InChI is InChI=1S/C23H21N5O2S2/c1-16-6-10-18(11-7-16)25-23(31)27-24-15-20-22(26-21-5-3-4-14-28(20)21)17-8-12-19(13-9-17)32(2,29)30/h3-15H,1-2H3,(H2,25,27,31)/b24-15+. The van der Waals surface area contributed by atoms with Crippen LogP contribution in [0.2, 0.25) is 0 Å². The van der Waals surface area contributed by atoms with Gasteiger partial charge < -0.3 is 5.32 Å². The van der Waals surface area contributed by atoms with Crippen LogP contribution in [0.1, 0.15) is 11.3 Å². The van der Waals surface area contributed by atoms with Crippen LogP contribution in [-0.2, 0) is 9.84 Å². The van der Waals surface area contributed by atoms with E-state index < -0.39 is 9.84 Å². The molecule has 0 aliphatic heterocycles. The lowest BCUT2D eigenvalue weighted by molar-refractivity contribution is 0.602. The van der Waals surface area contributed by atoms with Gasteiger partial charge in [0.05, 0.1) is 22.5 Å². The molecule has 0 saturated heterocycles. The van der Waals surface area contributed by atoms with Crippen LogP contribution in [-0.4, -0.2) is 35.4 Å². The van der Waals surface area contributed by atoms with Crippen LogP contribution in [0.3, 0.4) is 0 Å². The van der Waals surface area contributed by atoms with E-state index in [0.717, 1.165) is 28.2 Å². The lowest BCUT2D eigenvalue weighted by Gasteiger charge is -2.07. The van der Waals surface area contributed by atoms with Gasteiger partial charge in [-0.2, -0.15) is 5.10 Å². The number of imidazole rings is 1. The van der Waals surface area contributed by atoms with Gasteiger partial charge in [-0.1, -0.05) is 35.9 Å². The molecule has 9 heteroatoms. The van der Waals surface area contributed by atoms with Gasteiger partial charge in [-0.25, -0.2) is 13.4 Å². The zero-order valence-corrected chi connectivity index (χ0v) is 19.1. The van der Waals surface area contributed by atoms with Crippen molar-refractivity contribution in [3.63, 3.8) is 0 Å². The van der Waals surface area contributed by atoms with E-state index in [2.05, 4.69) is 15.8 Å². The third-order valence-corrected chi connectivity index (χ3v) is 6.11. The SMILES string of the molecule is Cc1ccc(NC(=S)N/N=C/c2c(-c3ccc(S(C)(=O)=O)cc3)nc3ccccn23)cc1. The molecule has 0 amide bonds. The van der Waals surface area contributed by atoms with E-state index in [1.54, 1.807) is 30.5 Å². The van der Waals surface area contributed by atoms with Crippen molar-refractivity contribution in [2.24, 2.45) is 5.10 Å². The molecular formula is C23H21N5O2S2. The number of pyridine rings is 1. The average molecular weight is 464 g/mol. The third-order valence-electron chi connectivity index (χ3n) is 4.79. The number of sulfone groups is 1. The van der Waals surface area contributed by atoms with Crippen molar-refractivity contribution in [2.75, 3.05) is 11.6 Å². The molecule has 0 saturated carbocycles. The molecule has 7 nitrogen and oxygen atoms in total. The topological polar surface area (TPSA) is 87.9 Å². The molecule has 0 unspecified atom stereocenters. The Bertz CT molecular complexity index is 1410. The lowest BCUT2D eigenvalue weighted by Crippen LogP contribution is -2.23. The summed E-state index contributed by atoms with van der Waals surface area (Å²) < 4.78 is 25.5. The van der Waals surface area contributed by atoms with Crippen LogP contribution >= 0.6 is 12.2 Å². The normalized spacial score (nSPS) is 11.7. The predicted octanol–water partition coefficient (Wildman–Crippen LogP) is 4.03. The summed E-state index contributed by atoms with van der Waals surface area (Å²) in [6.45, 7) is 2.02. The first-order chi connectivity index (χ1) is 15.3. The molecule has 0 atom stereocenters. The van der Waals surface area contributed by atoms with E-state index in [-0.39, 0.29) is 4.90 Å². The van der Waals surface area contributed by atoms with Gasteiger partial charge >= 0.3 is 0 Å². The summed E-state index contributed by atoms with van der Waals surface area (Å²) in [4.78, 5) is 4.95. The van der Waals surface area contributed by atoms with Crippen LogP contribution in [0.4, 0.5) is 5.69 Å². The Kier molecular flexibility index (Phi) is 6.02. The van der Waals surface area contributed by atoms with Gasteiger partial charge in [-0.05, 0) is 55.5 Å². The number of hydrogen-bond acceptors (Lipinski definition) is 5. The van der Waals surface area contributed by atoms with E-state index >= 15 is 0 Å². The second-order valence-electron chi connectivity index (χ2n) is 7.26. The Balaban J connectivity index is 1.60. The highest BCUT2D eigenvalue weighted by molar-refractivity contribution is 7.90. The number of rotatable bonds is 5. The highest BCUT2D eigenvalue weighted by atomic mass is 32.2. The van der Waals surface area contributed by atoms with Crippen molar-refractivity contribution in [1.82, 2.24) is 14.8 Å². The number of anilines is 1. The first-order valence-electron chi connectivity index (χ1n) is 9.75. The van der Waals surface area contributed by atoms with Gasteiger partial charge in [-0.15, -0.1) is 0 Å².